The van der Waals surface area contributed by atoms with Crippen LogP contribution in [0.3, 0.4) is 0 Å². The lowest BCUT2D eigenvalue weighted by Gasteiger charge is -2.19. The largest absolute Gasteiger partial charge is 0.508 e. The molecule has 6 nitrogen and oxygen atoms in total. The van der Waals surface area contributed by atoms with E-state index in [9.17, 15) is 14.7 Å². The zero-order valence-electron chi connectivity index (χ0n) is 18.2. The molecule has 3 aromatic rings. The molecule has 0 spiro atoms. The predicted octanol–water partition coefficient (Wildman–Crippen LogP) is 4.31. The molecule has 1 aliphatic rings. The smallest absolute Gasteiger partial charge is 0.313 e. The highest BCUT2D eigenvalue weighted by atomic mass is 16.5. The summed E-state index contributed by atoms with van der Waals surface area (Å²) in [6.07, 6.45) is 0.607. The lowest BCUT2D eigenvalue weighted by Crippen LogP contribution is -2.30. The van der Waals surface area contributed by atoms with Crippen molar-refractivity contribution in [2.24, 2.45) is 11.3 Å². The number of hydrogen-bond acceptors (Lipinski definition) is 5. The summed E-state index contributed by atoms with van der Waals surface area (Å²) in [5.41, 5.74) is 3.30. The molecular weight excluding hydrogens is 406 g/mol. The van der Waals surface area contributed by atoms with Crippen LogP contribution >= 0.6 is 0 Å². The first-order valence-corrected chi connectivity index (χ1v) is 10.8. The van der Waals surface area contributed by atoms with Crippen molar-refractivity contribution in [1.82, 2.24) is 5.48 Å². The van der Waals surface area contributed by atoms with E-state index in [4.69, 9.17) is 9.94 Å². The van der Waals surface area contributed by atoms with Crippen molar-refractivity contribution in [1.29, 1.82) is 0 Å². The molecule has 3 aromatic carbocycles. The molecule has 0 aliphatic heterocycles. The van der Waals surface area contributed by atoms with Crippen LogP contribution in [0.15, 0.2) is 60.7 Å². The van der Waals surface area contributed by atoms with E-state index in [0.29, 0.717) is 12.8 Å². The Morgan fingerprint density at radius 2 is 1.88 bits per heavy atom. The fourth-order valence-electron chi connectivity index (χ4n) is 4.58. The van der Waals surface area contributed by atoms with Crippen molar-refractivity contribution in [3.8, 4) is 5.75 Å². The number of hydrogen-bond donors (Lipinski definition) is 3. The summed E-state index contributed by atoms with van der Waals surface area (Å²) in [5.74, 6) is -1.55. The fraction of sp³-hybridized carbons (Fsp3) is 0.308. The highest BCUT2D eigenvalue weighted by Crippen LogP contribution is 2.56. The van der Waals surface area contributed by atoms with E-state index in [1.807, 2.05) is 25.1 Å². The van der Waals surface area contributed by atoms with Gasteiger partial charge in [-0.2, -0.15) is 0 Å². The van der Waals surface area contributed by atoms with Crippen LogP contribution in [0.25, 0.3) is 10.8 Å². The Hall–Kier alpha value is -3.38. The van der Waals surface area contributed by atoms with Crippen molar-refractivity contribution >= 4 is 22.6 Å². The molecule has 166 valence electrons. The summed E-state index contributed by atoms with van der Waals surface area (Å²) in [4.78, 5) is 24.7. The van der Waals surface area contributed by atoms with E-state index >= 15 is 0 Å². The van der Waals surface area contributed by atoms with Crippen LogP contribution in [0.1, 0.15) is 42.9 Å². The van der Waals surface area contributed by atoms with E-state index < -0.39 is 23.2 Å². The molecule has 1 amide bonds. The monoisotopic (exact) mass is 433 g/mol. The third-order valence-corrected chi connectivity index (χ3v) is 6.54. The number of phenols is 1. The van der Waals surface area contributed by atoms with Crippen molar-refractivity contribution < 1.29 is 24.6 Å². The van der Waals surface area contributed by atoms with E-state index in [-0.39, 0.29) is 18.3 Å². The topological polar surface area (TPSA) is 95.9 Å². The molecule has 0 bridgehead atoms. The second kappa shape index (κ2) is 8.63. The molecule has 0 saturated heterocycles. The number of amides is 1. The zero-order chi connectivity index (χ0) is 22.9. The number of phenolic OH excluding ortho intramolecular Hbond substituents is 1. The molecule has 3 atom stereocenters. The number of ether oxygens (including phenoxy) is 1. The number of nitrogens with one attached hydrogen (secondary N) is 1. The summed E-state index contributed by atoms with van der Waals surface area (Å²) >= 11 is 0. The normalized spacial score (nSPS) is 20.5. The molecule has 1 unspecified atom stereocenters. The van der Waals surface area contributed by atoms with Crippen LogP contribution < -0.4 is 5.48 Å². The molecule has 3 N–H and O–H groups in total. The third kappa shape index (κ3) is 3.94. The summed E-state index contributed by atoms with van der Waals surface area (Å²) in [6, 6.07) is 19.7. The Balaban J connectivity index is 1.64. The first kappa shape index (κ1) is 21.8. The van der Waals surface area contributed by atoms with Gasteiger partial charge >= 0.3 is 5.97 Å². The van der Waals surface area contributed by atoms with Gasteiger partial charge in [0.25, 0.3) is 0 Å². The van der Waals surface area contributed by atoms with Crippen LogP contribution in [-0.4, -0.2) is 28.8 Å². The molecule has 1 aliphatic carbocycles. The maximum Gasteiger partial charge on any atom is 0.313 e. The van der Waals surface area contributed by atoms with Crippen LogP contribution in [-0.2, 0) is 20.7 Å². The second-order valence-electron chi connectivity index (χ2n) is 8.51. The fourth-order valence-corrected chi connectivity index (χ4v) is 4.58. The molecule has 0 heterocycles. The number of carbonyl (C=O) groups excluding carboxylic acids is 2. The number of benzene rings is 3. The SMILES string of the molecule is CCOC(=O)[C@@]1(Cc2ccc(O)c(C(C)c3ccc4ccccc4c3)c2)C[C@@H]1C(=O)NO. The van der Waals surface area contributed by atoms with E-state index in [1.54, 1.807) is 24.5 Å². The standard InChI is InChI=1S/C26H27NO5/c1-3-32-25(30)26(15-22(26)24(29)27-31)14-17-8-11-23(28)21(12-17)16(2)19-10-9-18-6-4-5-7-20(18)13-19/h4-13,16,22,28,31H,3,14-15H2,1-2H3,(H,27,29)/t16?,22-,26+/m1/s1. The Kier molecular flexibility index (Phi) is 5.89. The molecule has 1 saturated carbocycles. The predicted molar refractivity (Wildman–Crippen MR) is 120 cm³/mol. The van der Waals surface area contributed by atoms with E-state index in [2.05, 4.69) is 30.3 Å². The minimum Gasteiger partial charge on any atom is -0.508 e. The third-order valence-electron chi connectivity index (χ3n) is 6.54. The highest BCUT2D eigenvalue weighted by Gasteiger charge is 2.64. The Bertz CT molecular complexity index is 1170. The van der Waals surface area contributed by atoms with Gasteiger partial charge in [-0.15, -0.1) is 0 Å². The number of fused-ring (bicyclic) bond motifs is 1. The van der Waals surface area contributed by atoms with Gasteiger partial charge in [0, 0.05) is 11.5 Å². The molecule has 4 rings (SSSR count). The van der Waals surface area contributed by atoms with Gasteiger partial charge in [-0.25, -0.2) is 5.48 Å². The number of carbonyl (C=O) groups is 2. The van der Waals surface area contributed by atoms with Gasteiger partial charge in [-0.3, -0.25) is 14.8 Å². The van der Waals surface area contributed by atoms with Crippen LogP contribution in [0.5, 0.6) is 5.75 Å². The van der Waals surface area contributed by atoms with Crippen molar-refractivity contribution in [3.63, 3.8) is 0 Å². The van der Waals surface area contributed by atoms with Crippen LogP contribution in [0.4, 0.5) is 0 Å². The maximum atomic E-state index is 12.7. The van der Waals surface area contributed by atoms with Crippen molar-refractivity contribution in [2.75, 3.05) is 6.61 Å². The van der Waals surface area contributed by atoms with Gasteiger partial charge in [-0.1, -0.05) is 61.5 Å². The van der Waals surface area contributed by atoms with Crippen molar-refractivity contribution in [3.05, 3.63) is 77.4 Å². The highest BCUT2D eigenvalue weighted by molar-refractivity contribution is 5.93. The molecule has 6 heteroatoms. The first-order chi connectivity index (χ1) is 15.4. The number of esters is 1. The number of aromatic hydroxyl groups is 1. The Morgan fingerprint density at radius 3 is 2.59 bits per heavy atom. The Morgan fingerprint density at radius 1 is 1.12 bits per heavy atom. The number of hydroxylamine groups is 1. The zero-order valence-corrected chi connectivity index (χ0v) is 18.2. The van der Waals surface area contributed by atoms with Crippen LogP contribution in [0.2, 0.25) is 0 Å². The summed E-state index contributed by atoms with van der Waals surface area (Å²) in [5, 5.41) is 21.9. The molecule has 0 radical (unpaired) electrons. The average molecular weight is 434 g/mol. The van der Waals surface area contributed by atoms with Gasteiger partial charge in [0.15, 0.2) is 0 Å². The first-order valence-electron chi connectivity index (χ1n) is 10.8. The van der Waals surface area contributed by atoms with Gasteiger partial charge in [0.1, 0.15) is 5.75 Å². The van der Waals surface area contributed by atoms with Gasteiger partial charge in [0.05, 0.1) is 17.9 Å². The molecular formula is C26H27NO5. The Labute approximate surface area is 186 Å². The number of rotatable bonds is 7. The van der Waals surface area contributed by atoms with E-state index in [0.717, 1.165) is 27.5 Å². The van der Waals surface area contributed by atoms with Gasteiger partial charge < -0.3 is 9.84 Å². The molecule has 32 heavy (non-hydrogen) atoms. The van der Waals surface area contributed by atoms with E-state index in [1.165, 1.54) is 0 Å². The minimum atomic E-state index is -0.997. The van der Waals surface area contributed by atoms with Crippen molar-refractivity contribution in [2.45, 2.75) is 32.6 Å². The lowest BCUT2D eigenvalue weighted by molar-refractivity contribution is -0.152. The maximum absolute atomic E-state index is 12.7. The van der Waals surface area contributed by atoms with Gasteiger partial charge in [-0.05, 0) is 47.7 Å². The summed E-state index contributed by atoms with van der Waals surface area (Å²) in [6.45, 7) is 3.97. The minimum absolute atomic E-state index is 0.0751. The lowest BCUT2D eigenvalue weighted by atomic mass is 9.87. The summed E-state index contributed by atoms with van der Waals surface area (Å²) in [7, 11) is 0. The quantitative estimate of drug-likeness (QED) is 0.293. The second-order valence-corrected chi connectivity index (χ2v) is 8.51. The van der Waals surface area contributed by atoms with Crippen LogP contribution in [0, 0.1) is 11.3 Å². The average Bonchev–Trinajstić information content (AvgIpc) is 3.54. The molecule has 0 aromatic heterocycles. The molecule has 1 fully saturated rings. The summed E-state index contributed by atoms with van der Waals surface area (Å²) < 4.78 is 5.23. The van der Waals surface area contributed by atoms with Gasteiger partial charge in [0.2, 0.25) is 5.91 Å².